The van der Waals surface area contributed by atoms with Crippen LogP contribution in [0.1, 0.15) is 201 Å². The summed E-state index contributed by atoms with van der Waals surface area (Å²) in [4.78, 5) is 110. The number of ether oxygens (including phenoxy) is 31. The van der Waals surface area contributed by atoms with E-state index in [1.807, 2.05) is 138 Å². The van der Waals surface area contributed by atoms with Gasteiger partial charge in [-0.15, -0.1) is 0 Å². The molecule has 50 nitrogen and oxygen atoms in total. The van der Waals surface area contributed by atoms with Crippen molar-refractivity contribution in [3.8, 4) is 0 Å². The topological polar surface area (TPSA) is 639 Å². The molecule has 0 saturated heterocycles. The largest absolute Gasteiger partial charge is 0.508 e. The molecule has 9 N–H and O–H groups in total. The van der Waals surface area contributed by atoms with Gasteiger partial charge in [-0.2, -0.15) is 0 Å². The maximum atomic E-state index is 11.2. The van der Waals surface area contributed by atoms with Crippen LogP contribution in [-0.4, -0.2) is 440 Å². The quantitative estimate of drug-likeness (QED) is 0.0155. The molecule has 0 saturated carbocycles. The fourth-order valence-electron chi connectivity index (χ4n) is 6.08. The molecule has 0 aliphatic heterocycles. The minimum Gasteiger partial charge on any atom is -0.432 e. The molecule has 0 amide bonds. The van der Waals surface area contributed by atoms with Crippen LogP contribution in [0, 0.1) is 0 Å². The van der Waals surface area contributed by atoms with Gasteiger partial charge in [-0.1, -0.05) is 138 Å². The van der Waals surface area contributed by atoms with Gasteiger partial charge in [0.05, 0.1) is 194 Å². The molecule has 0 aromatic carbocycles. The molecule has 9 unspecified atom stereocenters. The third-order valence-electron chi connectivity index (χ3n) is 11.3. The summed E-state index contributed by atoms with van der Waals surface area (Å²) in [5, 5.41) is 78.3. The highest BCUT2D eigenvalue weighted by atomic mass is 16.8. The number of carbonyl (C=O) groups is 10. The van der Waals surface area contributed by atoms with Crippen molar-refractivity contribution in [2.24, 2.45) is 0 Å². The predicted octanol–water partition coefficient (Wildman–Crippen LogP) is 11.0. The molecule has 0 aliphatic carbocycles. The molecule has 0 heterocycles. The van der Waals surface area contributed by atoms with E-state index in [9.17, 15) is 47.9 Å². The van der Waals surface area contributed by atoms with Gasteiger partial charge in [0.2, 0.25) is 0 Å². The Bertz CT molecular complexity index is 2310. The van der Waals surface area contributed by atoms with Gasteiger partial charge in [-0.3, -0.25) is 0 Å². The maximum absolute atomic E-state index is 11.2. The molecule has 0 rings (SSSR count). The van der Waals surface area contributed by atoms with Gasteiger partial charge in [-0.05, 0) is 62.3 Å². The summed E-state index contributed by atoms with van der Waals surface area (Å²) in [5.41, 5.74) is 0. The Balaban J connectivity index is -0.000000102. The molecular weight excluding hydrogens is 1880 g/mol. The minimum absolute atomic E-state index is 0.0151. The lowest BCUT2D eigenvalue weighted by atomic mass is 10.4. The van der Waals surface area contributed by atoms with E-state index in [-0.39, 0.29) is 282 Å². The van der Waals surface area contributed by atoms with E-state index < -0.39 is 92.1 Å². The smallest absolute Gasteiger partial charge is 0.432 e. The molecular formula is C90H190O50. The Morgan fingerprint density at radius 1 is 0.164 bits per heavy atom. The molecule has 850 valence electrons. The van der Waals surface area contributed by atoms with Gasteiger partial charge in [0.25, 0.3) is 0 Å². The molecule has 140 heavy (non-hydrogen) atoms. The lowest BCUT2D eigenvalue weighted by molar-refractivity contribution is -0.0409. The van der Waals surface area contributed by atoms with Crippen molar-refractivity contribution in [1.82, 2.24) is 0 Å². The van der Waals surface area contributed by atoms with Crippen LogP contribution in [0.3, 0.4) is 0 Å². The van der Waals surface area contributed by atoms with Crippen molar-refractivity contribution >= 4 is 61.6 Å². The number of hydrogen-bond donors (Lipinski definition) is 9. The summed E-state index contributed by atoms with van der Waals surface area (Å²) >= 11 is 0. The van der Waals surface area contributed by atoms with Crippen LogP contribution >= 0.6 is 0 Å². The fourth-order valence-corrected chi connectivity index (χ4v) is 6.08. The third-order valence-corrected chi connectivity index (χ3v) is 11.3. The van der Waals surface area contributed by atoms with Gasteiger partial charge in [0, 0.05) is 7.11 Å². The normalized spacial score (nSPS) is 11.3. The number of hydrogen-bond acceptors (Lipinski definition) is 50. The zero-order valence-corrected chi connectivity index (χ0v) is 90.0. The third kappa shape index (κ3) is 175. The van der Waals surface area contributed by atoms with Crippen molar-refractivity contribution in [1.29, 1.82) is 0 Å². The SMILES string of the molecule is CC.CC.CC.CC.CC.CC.CC.CC.CC.CC.CC(COCCOC(=O)OCCO)OCCOC(=O)OCCO.CC(O)COC(=O)OCCOCC(C)OCCOC(=O)OCC(C)O.CC(O)COC(=O)OCCOCC(C)OCCOC(=O)OCC(C)O.COC(C)COC(=O)OCCOCCOCCOC(=O)OCC(C)O.O=C(OCCO)OCCOCCOCCOC(=O)OCCO. The molecule has 50 heteroatoms. The highest BCUT2D eigenvalue weighted by Crippen LogP contribution is 2.02. The Morgan fingerprint density at radius 3 is 0.443 bits per heavy atom. The van der Waals surface area contributed by atoms with Crippen LogP contribution in [0.4, 0.5) is 47.9 Å². The summed E-state index contributed by atoms with van der Waals surface area (Å²) < 4.78 is 150. The highest BCUT2D eigenvalue weighted by Gasteiger charge is 2.16. The summed E-state index contributed by atoms with van der Waals surface area (Å²) in [7, 11) is 1.52. The van der Waals surface area contributed by atoms with Gasteiger partial charge in [0.15, 0.2) is 0 Å². The first kappa shape index (κ1) is 165. The molecule has 0 fully saturated rings. The number of carbonyl (C=O) groups excluding carboxylic acids is 10. The van der Waals surface area contributed by atoms with Gasteiger partial charge in [-0.25, -0.2) is 47.9 Å². The summed E-state index contributed by atoms with van der Waals surface area (Å²) in [6, 6.07) is 0. The van der Waals surface area contributed by atoms with Crippen LogP contribution < -0.4 is 0 Å². The standard InChI is InChI=1S/3C15H28O10.C13H24O10.C12H22O10.10C2H6/c1-12(16)10-24-14(17)22-8-6-20-4-5-21-7-9-23-15(18)25-11-13(2)19-3;2*1-11(16)8-24-14(18)22-5-4-20-10-13(3)21-6-7-23-15(19)25-9-12(2)17;1-11(19-8-9-23-13(17)21-5-3-15)10-18-6-7-22-12(16)20-4-2-14;13-1-3-19-11(15)21-9-7-17-5-6-18-8-10-22-12(16)20-4-2-14;10*1-2/h12-13,16H,4-11H2,1-3H3;2*11-13,16-17H,4-10H2,1-3H3;11,14-15H,2-10H2,1H3;13-14H,1-10H2;10*1-2H3. The molecule has 0 aromatic heterocycles. The Morgan fingerprint density at radius 2 is 0.293 bits per heavy atom. The average Bonchev–Trinajstić information content (AvgIpc) is 1.06. The molecule has 0 aromatic rings. The molecule has 0 spiro atoms. The zero-order valence-electron chi connectivity index (χ0n) is 90.0. The Labute approximate surface area is 833 Å². The van der Waals surface area contributed by atoms with Crippen LogP contribution in [0.2, 0.25) is 0 Å². The lowest BCUT2D eigenvalue weighted by Gasteiger charge is -2.14. The van der Waals surface area contributed by atoms with E-state index in [0.29, 0.717) is 13.2 Å². The van der Waals surface area contributed by atoms with E-state index in [4.69, 9.17) is 131 Å². The van der Waals surface area contributed by atoms with Crippen molar-refractivity contribution in [2.45, 2.75) is 256 Å². The molecule has 9 atom stereocenters. The van der Waals surface area contributed by atoms with E-state index in [2.05, 4.69) is 61.6 Å². The Hall–Kier alpha value is -8.10. The maximum Gasteiger partial charge on any atom is 0.508 e. The van der Waals surface area contributed by atoms with Crippen LogP contribution in [0.15, 0.2) is 0 Å². The van der Waals surface area contributed by atoms with E-state index in [1.54, 1.807) is 27.7 Å². The van der Waals surface area contributed by atoms with Crippen molar-refractivity contribution in [2.75, 3.05) is 278 Å². The first-order valence-corrected chi connectivity index (χ1v) is 47.6. The summed E-state index contributed by atoms with van der Waals surface area (Å²) in [6.45, 7) is 56.5. The first-order chi connectivity index (χ1) is 67.4. The first-order valence-electron chi connectivity index (χ1n) is 47.6. The zero-order chi connectivity index (χ0) is 111. The van der Waals surface area contributed by atoms with Crippen molar-refractivity contribution in [3.63, 3.8) is 0 Å². The summed E-state index contributed by atoms with van der Waals surface area (Å²) in [6.07, 6.45) is -13.2. The van der Waals surface area contributed by atoms with Crippen LogP contribution in [0.25, 0.3) is 0 Å². The molecule has 0 bridgehead atoms. The lowest BCUT2D eigenvalue weighted by Crippen LogP contribution is -2.22. The highest BCUT2D eigenvalue weighted by molar-refractivity contribution is 5.62. The second-order valence-corrected chi connectivity index (χ2v) is 23.1. The average molecular weight is 2070 g/mol. The Kier molecular flexibility index (Phi) is 179. The second-order valence-electron chi connectivity index (χ2n) is 23.1. The number of methoxy groups -OCH3 is 1. The fraction of sp³-hybridized carbons (Fsp3) is 0.889. The van der Waals surface area contributed by atoms with Crippen LogP contribution in [-0.2, 0) is 147 Å². The summed E-state index contributed by atoms with van der Waals surface area (Å²) in [5.74, 6) is 0. The number of rotatable bonds is 66. The monoisotopic (exact) mass is 2070 g/mol. The van der Waals surface area contributed by atoms with Gasteiger partial charge >= 0.3 is 61.6 Å². The van der Waals surface area contributed by atoms with Crippen molar-refractivity contribution in [3.05, 3.63) is 0 Å². The molecule has 0 radical (unpaired) electrons. The van der Waals surface area contributed by atoms with E-state index >= 15 is 0 Å². The van der Waals surface area contributed by atoms with Crippen LogP contribution in [0.5, 0.6) is 0 Å². The minimum atomic E-state index is -0.868. The van der Waals surface area contributed by atoms with Crippen molar-refractivity contribution < 1.29 is 241 Å². The van der Waals surface area contributed by atoms with E-state index in [0.717, 1.165) is 0 Å². The van der Waals surface area contributed by atoms with Gasteiger partial charge < -0.3 is 193 Å². The second kappa shape index (κ2) is 151. The number of aliphatic hydroxyl groups is 9. The van der Waals surface area contributed by atoms with E-state index in [1.165, 1.54) is 41.7 Å². The van der Waals surface area contributed by atoms with Gasteiger partial charge in [0.1, 0.15) is 132 Å². The molecule has 0 aliphatic rings. The predicted molar refractivity (Wildman–Crippen MR) is 512 cm³/mol. The number of aliphatic hydroxyl groups excluding tert-OH is 9.